The minimum absolute atomic E-state index is 0.153. The van der Waals surface area contributed by atoms with Gasteiger partial charge in [0.2, 0.25) is 0 Å². The molecule has 0 spiro atoms. The number of anilines is 1. The largest absolute Gasteiger partial charge is 0.373 e. The van der Waals surface area contributed by atoms with Crippen LogP contribution in [0, 0.1) is 0 Å². The summed E-state index contributed by atoms with van der Waals surface area (Å²) < 4.78 is 10.1. The number of aryl methyl sites for hydroxylation is 1. The summed E-state index contributed by atoms with van der Waals surface area (Å²) in [5, 5.41) is 13.5. The average molecular weight is 419 g/mol. The first-order chi connectivity index (χ1) is 15.1. The molecule has 1 aliphatic heterocycles. The molecule has 160 valence electrons. The van der Waals surface area contributed by atoms with Crippen LogP contribution in [0.3, 0.4) is 0 Å². The van der Waals surface area contributed by atoms with E-state index in [1.807, 2.05) is 32.7 Å². The molecule has 1 saturated carbocycles. The highest BCUT2D eigenvalue weighted by Gasteiger charge is 2.27. The molecular weight excluding hydrogens is 394 g/mol. The zero-order chi connectivity index (χ0) is 21.4. The van der Waals surface area contributed by atoms with Crippen LogP contribution in [0.25, 0.3) is 22.2 Å². The minimum Gasteiger partial charge on any atom is -0.373 e. The highest BCUT2D eigenvalue weighted by molar-refractivity contribution is 5.97. The summed E-state index contributed by atoms with van der Waals surface area (Å²) >= 11 is 0. The third-order valence-electron chi connectivity index (χ3n) is 5.94. The summed E-state index contributed by atoms with van der Waals surface area (Å²) in [7, 11) is 3.78. The Balaban J connectivity index is 1.38. The summed E-state index contributed by atoms with van der Waals surface area (Å²) in [5.74, 6) is 0.593. The van der Waals surface area contributed by atoms with E-state index >= 15 is 0 Å². The van der Waals surface area contributed by atoms with Crippen LogP contribution in [0.2, 0.25) is 0 Å². The molecule has 0 aromatic carbocycles. The van der Waals surface area contributed by atoms with E-state index in [4.69, 9.17) is 9.84 Å². The van der Waals surface area contributed by atoms with E-state index in [-0.39, 0.29) is 24.2 Å². The van der Waals surface area contributed by atoms with E-state index in [1.165, 1.54) is 6.08 Å². The summed E-state index contributed by atoms with van der Waals surface area (Å²) in [6.45, 7) is 0. The number of ether oxygens (including phenoxy) is 1. The highest BCUT2D eigenvalue weighted by Crippen LogP contribution is 2.36. The number of aliphatic imine (C=N–C) groups is 1. The minimum atomic E-state index is -0.228. The van der Waals surface area contributed by atoms with Crippen LogP contribution in [-0.2, 0) is 16.6 Å². The fraction of sp³-hybridized carbons (Fsp3) is 0.409. The number of nitrogens with one attached hydrogen (secondary N) is 1. The molecule has 1 unspecified atom stereocenters. The molecule has 1 fully saturated rings. The molecule has 31 heavy (non-hydrogen) atoms. The van der Waals surface area contributed by atoms with Gasteiger partial charge in [0.15, 0.2) is 0 Å². The number of pyridine rings is 1. The second-order valence-electron chi connectivity index (χ2n) is 8.04. The molecule has 0 saturated heterocycles. The van der Waals surface area contributed by atoms with Crippen molar-refractivity contribution in [1.29, 1.82) is 0 Å². The smallest absolute Gasteiger partial charge is 0.269 e. The first kappa shape index (κ1) is 19.6. The topological polar surface area (TPSA) is 99.2 Å². The van der Waals surface area contributed by atoms with Gasteiger partial charge in [-0.3, -0.25) is 14.2 Å². The molecule has 1 atom stereocenters. The van der Waals surface area contributed by atoms with Gasteiger partial charge in [-0.15, -0.1) is 0 Å². The van der Waals surface area contributed by atoms with Gasteiger partial charge < -0.3 is 10.1 Å². The van der Waals surface area contributed by atoms with Gasteiger partial charge in [0.05, 0.1) is 23.9 Å². The summed E-state index contributed by atoms with van der Waals surface area (Å²) in [6, 6.07) is 2.35. The maximum Gasteiger partial charge on any atom is 0.269 e. The monoisotopic (exact) mass is 419 g/mol. The molecule has 0 radical (unpaired) electrons. The van der Waals surface area contributed by atoms with Crippen LogP contribution < -0.4 is 5.32 Å². The number of hydrogen-bond donors (Lipinski definition) is 1. The Hall–Kier alpha value is -3.33. The normalized spacial score (nSPS) is 23.5. The number of aromatic nitrogens is 5. The van der Waals surface area contributed by atoms with Gasteiger partial charge in [0, 0.05) is 55.8 Å². The number of hydrogen-bond acceptors (Lipinski definition) is 6. The van der Waals surface area contributed by atoms with Crippen molar-refractivity contribution in [2.75, 3.05) is 12.4 Å². The lowest BCUT2D eigenvalue weighted by molar-refractivity contribution is -0.113. The molecule has 3 aromatic rings. The van der Waals surface area contributed by atoms with Gasteiger partial charge in [0.1, 0.15) is 17.6 Å². The van der Waals surface area contributed by atoms with E-state index < -0.39 is 0 Å². The SMILES string of the molecule is CNc1cc2c(cn1)c(-c1cnn(C)c1)nn2C1CCC(OC2C=CC(=O)N=C2)CC1. The van der Waals surface area contributed by atoms with Crippen LogP contribution in [0.1, 0.15) is 31.7 Å². The number of carbonyl (C=O) groups is 1. The number of carbonyl (C=O) groups excluding carboxylic acids is 1. The predicted molar refractivity (Wildman–Crippen MR) is 118 cm³/mol. The van der Waals surface area contributed by atoms with Crippen molar-refractivity contribution in [3.05, 3.63) is 36.8 Å². The van der Waals surface area contributed by atoms with Crippen LogP contribution in [0.5, 0.6) is 0 Å². The van der Waals surface area contributed by atoms with E-state index in [1.54, 1.807) is 17.0 Å². The van der Waals surface area contributed by atoms with Crippen LogP contribution in [0.4, 0.5) is 5.82 Å². The highest BCUT2D eigenvalue weighted by atomic mass is 16.5. The van der Waals surface area contributed by atoms with Crippen molar-refractivity contribution >= 4 is 28.8 Å². The molecule has 1 amide bonds. The average Bonchev–Trinajstić information content (AvgIpc) is 3.39. The third kappa shape index (κ3) is 3.88. The lowest BCUT2D eigenvalue weighted by Gasteiger charge is -2.30. The van der Waals surface area contributed by atoms with Crippen LogP contribution >= 0.6 is 0 Å². The Kier molecular flexibility index (Phi) is 5.11. The molecule has 9 nitrogen and oxygen atoms in total. The lowest BCUT2D eigenvalue weighted by atomic mass is 9.92. The van der Waals surface area contributed by atoms with Gasteiger partial charge in [-0.05, 0) is 31.8 Å². The molecule has 1 N–H and O–H groups in total. The van der Waals surface area contributed by atoms with Gasteiger partial charge in [-0.25, -0.2) is 9.98 Å². The van der Waals surface area contributed by atoms with Crippen LogP contribution in [0.15, 0.2) is 41.8 Å². The van der Waals surface area contributed by atoms with Gasteiger partial charge in [0.25, 0.3) is 5.91 Å². The van der Waals surface area contributed by atoms with E-state index in [2.05, 4.69) is 31.1 Å². The first-order valence-electron chi connectivity index (χ1n) is 10.6. The van der Waals surface area contributed by atoms with E-state index in [0.29, 0.717) is 0 Å². The van der Waals surface area contributed by atoms with Crippen molar-refractivity contribution in [3.8, 4) is 11.3 Å². The first-order valence-corrected chi connectivity index (χ1v) is 10.6. The molecule has 1 aliphatic carbocycles. The summed E-state index contributed by atoms with van der Waals surface area (Å²) in [6.07, 6.45) is 14.3. The molecule has 3 aromatic heterocycles. The predicted octanol–water partition coefficient (Wildman–Crippen LogP) is 2.91. The Morgan fingerprint density at radius 3 is 2.71 bits per heavy atom. The van der Waals surface area contributed by atoms with E-state index in [0.717, 1.165) is 53.7 Å². The van der Waals surface area contributed by atoms with Crippen molar-refractivity contribution in [1.82, 2.24) is 24.5 Å². The zero-order valence-electron chi connectivity index (χ0n) is 17.6. The van der Waals surface area contributed by atoms with Crippen molar-refractivity contribution < 1.29 is 9.53 Å². The van der Waals surface area contributed by atoms with Gasteiger partial charge >= 0.3 is 0 Å². The Morgan fingerprint density at radius 2 is 2.03 bits per heavy atom. The Bertz CT molecular complexity index is 1150. The molecule has 5 rings (SSSR count). The Morgan fingerprint density at radius 1 is 1.19 bits per heavy atom. The second-order valence-corrected chi connectivity index (χ2v) is 8.04. The molecule has 2 aliphatic rings. The molecular formula is C22H25N7O2. The number of dihydropyridines is 1. The third-order valence-corrected chi connectivity index (χ3v) is 5.94. The van der Waals surface area contributed by atoms with E-state index in [9.17, 15) is 4.79 Å². The number of nitrogens with zero attached hydrogens (tertiary/aromatic N) is 6. The maximum atomic E-state index is 11.2. The number of fused-ring (bicyclic) bond motifs is 1. The molecule has 4 heterocycles. The molecule has 9 heteroatoms. The fourth-order valence-corrected chi connectivity index (χ4v) is 4.35. The zero-order valence-corrected chi connectivity index (χ0v) is 17.6. The van der Waals surface area contributed by atoms with Crippen molar-refractivity contribution in [2.24, 2.45) is 12.0 Å². The second kappa shape index (κ2) is 8.07. The van der Waals surface area contributed by atoms with Crippen molar-refractivity contribution in [2.45, 2.75) is 43.9 Å². The number of rotatable bonds is 5. The fourth-order valence-electron chi connectivity index (χ4n) is 4.35. The van der Waals surface area contributed by atoms with Gasteiger partial charge in [-0.2, -0.15) is 10.2 Å². The standard InChI is InChI=1S/C22H25N7O2/c1-23-20-9-19-18(12-24-20)22(14-10-26-28(2)13-14)27-29(19)15-3-5-16(6-4-15)31-17-7-8-21(30)25-11-17/h7-13,15-17H,3-6H2,1-2H3,(H,23,24). The van der Waals surface area contributed by atoms with Gasteiger partial charge in [-0.1, -0.05) is 0 Å². The quantitative estimate of drug-likeness (QED) is 0.683. The van der Waals surface area contributed by atoms with Crippen LogP contribution in [-0.4, -0.2) is 55.9 Å². The summed E-state index contributed by atoms with van der Waals surface area (Å²) in [5.41, 5.74) is 2.97. The maximum absolute atomic E-state index is 11.2. The Labute approximate surface area is 179 Å². The lowest BCUT2D eigenvalue weighted by Crippen LogP contribution is -2.29. The number of amides is 1. The molecule has 0 bridgehead atoms. The summed E-state index contributed by atoms with van der Waals surface area (Å²) in [4.78, 5) is 19.5. The van der Waals surface area contributed by atoms with Crippen molar-refractivity contribution in [3.63, 3.8) is 0 Å².